The van der Waals surface area contributed by atoms with Crippen LogP contribution in [0.3, 0.4) is 0 Å². The summed E-state index contributed by atoms with van der Waals surface area (Å²) in [4.78, 5) is 10.8. The molecule has 0 aliphatic heterocycles. The summed E-state index contributed by atoms with van der Waals surface area (Å²) in [6.07, 6.45) is 0. The van der Waals surface area contributed by atoms with Crippen molar-refractivity contribution in [3.05, 3.63) is 58.6 Å². The Bertz CT molecular complexity index is 642. The van der Waals surface area contributed by atoms with Gasteiger partial charge in [-0.25, -0.2) is 4.79 Å². The van der Waals surface area contributed by atoms with Crippen molar-refractivity contribution in [1.29, 1.82) is 5.26 Å². The molecule has 18 heavy (non-hydrogen) atoms. The topological polar surface area (TPSA) is 61.1 Å². The average molecular weight is 258 g/mol. The van der Waals surface area contributed by atoms with Crippen LogP contribution in [-0.2, 0) is 0 Å². The van der Waals surface area contributed by atoms with E-state index < -0.39 is 5.97 Å². The number of carbonyl (C=O) groups is 1. The number of aromatic carboxylic acids is 1. The number of carboxylic acid groups (broad SMARTS) is 1. The largest absolute Gasteiger partial charge is 0.478 e. The minimum Gasteiger partial charge on any atom is -0.478 e. The van der Waals surface area contributed by atoms with Gasteiger partial charge in [0.25, 0.3) is 0 Å². The van der Waals surface area contributed by atoms with Gasteiger partial charge in [-0.2, -0.15) is 5.26 Å². The van der Waals surface area contributed by atoms with E-state index in [1.807, 2.05) is 6.07 Å². The molecule has 0 unspecified atom stereocenters. The van der Waals surface area contributed by atoms with Gasteiger partial charge in [-0.3, -0.25) is 0 Å². The van der Waals surface area contributed by atoms with Crippen LogP contribution in [0.5, 0.6) is 0 Å². The van der Waals surface area contributed by atoms with Gasteiger partial charge in [-0.15, -0.1) is 0 Å². The summed E-state index contributed by atoms with van der Waals surface area (Å²) < 4.78 is 0. The van der Waals surface area contributed by atoms with Crippen LogP contribution in [0.25, 0.3) is 11.1 Å². The number of carboxylic acids is 1. The number of rotatable bonds is 2. The fraction of sp³-hybridized carbons (Fsp3) is 0. The van der Waals surface area contributed by atoms with Gasteiger partial charge < -0.3 is 5.11 Å². The summed E-state index contributed by atoms with van der Waals surface area (Å²) in [7, 11) is 0. The van der Waals surface area contributed by atoms with Crippen molar-refractivity contribution < 1.29 is 9.90 Å². The molecule has 0 bridgehead atoms. The maximum Gasteiger partial charge on any atom is 0.337 e. The smallest absolute Gasteiger partial charge is 0.337 e. The molecule has 88 valence electrons. The first kappa shape index (κ1) is 12.2. The van der Waals surface area contributed by atoms with Gasteiger partial charge in [-0.1, -0.05) is 29.8 Å². The maximum atomic E-state index is 10.8. The van der Waals surface area contributed by atoms with Gasteiger partial charge in [0.1, 0.15) is 0 Å². The number of halogens is 1. The molecule has 0 aliphatic carbocycles. The van der Waals surface area contributed by atoms with Crippen LogP contribution < -0.4 is 0 Å². The van der Waals surface area contributed by atoms with E-state index >= 15 is 0 Å². The van der Waals surface area contributed by atoms with Crippen LogP contribution in [0, 0.1) is 11.3 Å². The van der Waals surface area contributed by atoms with Crippen LogP contribution in [0.15, 0.2) is 42.5 Å². The van der Waals surface area contributed by atoms with E-state index in [1.165, 1.54) is 6.07 Å². The summed E-state index contributed by atoms with van der Waals surface area (Å²) in [6.45, 7) is 0. The third kappa shape index (κ3) is 2.34. The normalized spacial score (nSPS) is 9.78. The van der Waals surface area contributed by atoms with E-state index in [-0.39, 0.29) is 10.6 Å². The molecule has 2 aromatic rings. The van der Waals surface area contributed by atoms with Crippen LogP contribution in [0.2, 0.25) is 5.02 Å². The molecule has 3 nitrogen and oxygen atoms in total. The van der Waals surface area contributed by atoms with E-state index in [4.69, 9.17) is 22.0 Å². The Balaban J connectivity index is 2.42. The molecule has 0 saturated carbocycles. The third-order valence-corrected chi connectivity index (χ3v) is 2.86. The summed E-state index contributed by atoms with van der Waals surface area (Å²) >= 11 is 5.90. The quantitative estimate of drug-likeness (QED) is 0.894. The lowest BCUT2D eigenvalue weighted by Crippen LogP contribution is -1.97. The molecule has 2 aromatic carbocycles. The van der Waals surface area contributed by atoms with Crippen molar-refractivity contribution in [3.8, 4) is 17.2 Å². The second kappa shape index (κ2) is 4.91. The second-order valence-electron chi connectivity index (χ2n) is 3.69. The van der Waals surface area contributed by atoms with Crippen molar-refractivity contribution in [2.24, 2.45) is 0 Å². The van der Waals surface area contributed by atoms with Crippen LogP contribution in [-0.4, -0.2) is 11.1 Å². The van der Waals surface area contributed by atoms with Gasteiger partial charge in [0.2, 0.25) is 0 Å². The first-order valence-corrected chi connectivity index (χ1v) is 5.53. The minimum atomic E-state index is -1.05. The Morgan fingerprint density at radius 3 is 2.22 bits per heavy atom. The maximum absolute atomic E-state index is 10.8. The molecule has 0 fully saturated rings. The Hall–Kier alpha value is -2.31. The summed E-state index contributed by atoms with van der Waals surface area (Å²) in [5.41, 5.74) is 2.35. The van der Waals surface area contributed by atoms with Crippen molar-refractivity contribution in [2.75, 3.05) is 0 Å². The zero-order valence-corrected chi connectivity index (χ0v) is 9.98. The van der Waals surface area contributed by atoms with Crippen LogP contribution in [0.4, 0.5) is 0 Å². The van der Waals surface area contributed by atoms with E-state index in [9.17, 15) is 4.79 Å². The highest BCUT2D eigenvalue weighted by molar-refractivity contribution is 6.33. The Morgan fingerprint density at radius 2 is 1.72 bits per heavy atom. The molecule has 0 amide bonds. The molecule has 0 radical (unpaired) electrons. The fourth-order valence-corrected chi connectivity index (χ4v) is 1.87. The number of hydrogen-bond acceptors (Lipinski definition) is 2. The summed E-state index contributed by atoms with van der Waals surface area (Å²) in [5, 5.41) is 17.8. The fourth-order valence-electron chi connectivity index (χ4n) is 1.61. The third-order valence-electron chi connectivity index (χ3n) is 2.55. The van der Waals surface area contributed by atoms with Crippen LogP contribution in [0.1, 0.15) is 15.9 Å². The van der Waals surface area contributed by atoms with Crippen LogP contribution >= 0.6 is 11.6 Å². The van der Waals surface area contributed by atoms with E-state index in [2.05, 4.69) is 0 Å². The lowest BCUT2D eigenvalue weighted by Gasteiger charge is -2.04. The summed E-state index contributed by atoms with van der Waals surface area (Å²) in [6, 6.07) is 13.8. The Labute approximate surface area is 109 Å². The SMILES string of the molecule is N#Cc1ccc(-c2ccc(C(=O)O)c(Cl)c2)cc1. The molecule has 1 N–H and O–H groups in total. The zero-order chi connectivity index (χ0) is 13.1. The van der Waals surface area contributed by atoms with Crippen molar-refractivity contribution in [2.45, 2.75) is 0 Å². The van der Waals surface area contributed by atoms with Gasteiger partial charge >= 0.3 is 5.97 Å². The Morgan fingerprint density at radius 1 is 1.11 bits per heavy atom. The molecule has 4 heteroatoms. The second-order valence-corrected chi connectivity index (χ2v) is 4.10. The minimum absolute atomic E-state index is 0.0778. The number of benzene rings is 2. The lowest BCUT2D eigenvalue weighted by atomic mass is 10.0. The van der Waals surface area contributed by atoms with Crippen molar-refractivity contribution in [3.63, 3.8) is 0 Å². The van der Waals surface area contributed by atoms with Gasteiger partial charge in [-0.05, 0) is 35.4 Å². The number of hydrogen-bond donors (Lipinski definition) is 1. The molecule has 0 atom stereocenters. The molecular formula is C14H8ClNO2. The van der Waals surface area contributed by atoms with Gasteiger partial charge in [0, 0.05) is 0 Å². The Kier molecular flexibility index (Phi) is 3.31. The highest BCUT2D eigenvalue weighted by Gasteiger charge is 2.09. The van der Waals surface area contributed by atoms with Gasteiger partial charge in [0.05, 0.1) is 22.2 Å². The predicted molar refractivity (Wildman–Crippen MR) is 68.6 cm³/mol. The van der Waals surface area contributed by atoms with E-state index in [0.29, 0.717) is 5.56 Å². The predicted octanol–water partition coefficient (Wildman–Crippen LogP) is 3.58. The monoisotopic (exact) mass is 257 g/mol. The lowest BCUT2D eigenvalue weighted by molar-refractivity contribution is 0.0697. The molecule has 0 spiro atoms. The van der Waals surface area contributed by atoms with Crippen molar-refractivity contribution in [1.82, 2.24) is 0 Å². The first-order chi connectivity index (χ1) is 8.61. The summed E-state index contributed by atoms with van der Waals surface area (Å²) in [5.74, 6) is -1.05. The molecule has 0 aliphatic rings. The van der Waals surface area contributed by atoms with Crippen molar-refractivity contribution >= 4 is 17.6 Å². The molecule has 0 heterocycles. The standard InChI is InChI=1S/C14H8ClNO2/c15-13-7-11(5-6-12(13)14(17)18)10-3-1-9(8-16)2-4-10/h1-7H,(H,17,18). The molecule has 0 saturated heterocycles. The molecule has 2 rings (SSSR count). The van der Waals surface area contributed by atoms with E-state index in [1.54, 1.807) is 36.4 Å². The highest BCUT2D eigenvalue weighted by atomic mass is 35.5. The van der Waals surface area contributed by atoms with Gasteiger partial charge in [0.15, 0.2) is 0 Å². The zero-order valence-electron chi connectivity index (χ0n) is 9.22. The molecular weight excluding hydrogens is 250 g/mol. The number of nitrogens with zero attached hydrogens (tertiary/aromatic N) is 1. The molecule has 0 aromatic heterocycles. The number of nitriles is 1. The average Bonchev–Trinajstić information content (AvgIpc) is 2.38. The first-order valence-electron chi connectivity index (χ1n) is 5.15. The van der Waals surface area contributed by atoms with E-state index in [0.717, 1.165) is 11.1 Å². The highest BCUT2D eigenvalue weighted by Crippen LogP contribution is 2.25.